The Morgan fingerprint density at radius 2 is 1.55 bits per heavy atom. The lowest BCUT2D eigenvalue weighted by Crippen LogP contribution is -2.64. The molecule has 0 aliphatic carbocycles. The Bertz CT molecular complexity index is 998. The Kier molecular flexibility index (Phi) is 8.17. The van der Waals surface area contributed by atoms with Crippen LogP contribution < -0.4 is 15.4 Å². The molecule has 0 radical (unpaired) electrons. The summed E-state index contributed by atoms with van der Waals surface area (Å²) in [4.78, 5) is 49.2. The average Bonchev–Trinajstić information content (AvgIpc) is 2.76. The third-order valence-electron chi connectivity index (χ3n) is 4.37. The maximum atomic E-state index is 12.8. The number of ketones is 1. The van der Waals surface area contributed by atoms with Gasteiger partial charge in [-0.05, 0) is 50.6 Å². The number of rotatable bonds is 9. The summed E-state index contributed by atoms with van der Waals surface area (Å²) in [6.07, 6.45) is -0.749. The van der Waals surface area contributed by atoms with E-state index >= 15 is 0 Å². The van der Waals surface area contributed by atoms with Gasteiger partial charge in [0.2, 0.25) is 5.78 Å². The number of alkyl carbamates (subject to hydrolysis) is 1. The van der Waals surface area contributed by atoms with Crippen LogP contribution in [0.3, 0.4) is 0 Å². The molecule has 0 saturated heterocycles. The van der Waals surface area contributed by atoms with Crippen molar-refractivity contribution in [3.8, 4) is 5.75 Å². The number of carboxylic acids is 1. The van der Waals surface area contributed by atoms with Crippen molar-refractivity contribution in [3.05, 3.63) is 65.7 Å². The van der Waals surface area contributed by atoms with Crippen LogP contribution in [0.5, 0.6) is 5.75 Å². The first-order chi connectivity index (χ1) is 15.5. The molecule has 2 aromatic rings. The van der Waals surface area contributed by atoms with Gasteiger partial charge in [0.25, 0.3) is 5.91 Å². The molecule has 9 heteroatoms. The number of nitrogens with one attached hydrogen (secondary N) is 2. The summed E-state index contributed by atoms with van der Waals surface area (Å²) in [6.45, 7) is 6.90. The van der Waals surface area contributed by atoms with Gasteiger partial charge in [-0.1, -0.05) is 37.3 Å². The van der Waals surface area contributed by atoms with Crippen LogP contribution in [0, 0.1) is 0 Å². The Balaban J connectivity index is 2.16. The maximum absolute atomic E-state index is 12.8. The predicted molar refractivity (Wildman–Crippen MR) is 120 cm³/mol. The molecule has 0 spiro atoms. The van der Waals surface area contributed by atoms with Gasteiger partial charge in [-0.3, -0.25) is 14.9 Å². The molecule has 2 amide bonds. The van der Waals surface area contributed by atoms with Crippen LogP contribution in [0.1, 0.15) is 50.0 Å². The van der Waals surface area contributed by atoms with E-state index in [0.717, 1.165) is 0 Å². The van der Waals surface area contributed by atoms with Gasteiger partial charge in [0.1, 0.15) is 11.4 Å². The summed E-state index contributed by atoms with van der Waals surface area (Å²) in [5, 5.41) is 14.7. The van der Waals surface area contributed by atoms with Gasteiger partial charge in [-0.25, -0.2) is 9.59 Å². The highest BCUT2D eigenvalue weighted by atomic mass is 16.6. The zero-order valence-electron chi connectivity index (χ0n) is 19.0. The SMILES string of the molecule is CCC(=O)C(NC(=O)c1ccc(CNC(=O)OC(C)(C)C)cc1)(Oc1ccccc1)C(=O)O. The zero-order chi connectivity index (χ0) is 24.6. The fourth-order valence-electron chi connectivity index (χ4n) is 2.78. The van der Waals surface area contributed by atoms with E-state index < -0.39 is 35.1 Å². The van der Waals surface area contributed by atoms with Crippen molar-refractivity contribution in [3.63, 3.8) is 0 Å². The quantitative estimate of drug-likeness (QED) is 0.390. The third kappa shape index (κ3) is 7.06. The van der Waals surface area contributed by atoms with Crippen molar-refractivity contribution in [2.24, 2.45) is 0 Å². The molecule has 9 nitrogen and oxygen atoms in total. The molecule has 0 fully saturated rings. The molecule has 0 aromatic heterocycles. The first-order valence-corrected chi connectivity index (χ1v) is 10.4. The van der Waals surface area contributed by atoms with Crippen LogP contribution in [0.25, 0.3) is 0 Å². The molecule has 2 rings (SSSR count). The average molecular weight is 456 g/mol. The van der Waals surface area contributed by atoms with Crippen LogP contribution in [0.4, 0.5) is 4.79 Å². The van der Waals surface area contributed by atoms with E-state index in [1.54, 1.807) is 51.1 Å². The molecule has 0 heterocycles. The molecule has 176 valence electrons. The molecule has 0 saturated carbocycles. The van der Waals surface area contributed by atoms with Crippen LogP contribution >= 0.6 is 0 Å². The van der Waals surface area contributed by atoms with Gasteiger partial charge >= 0.3 is 17.8 Å². The molecular formula is C24H28N2O7. The number of carbonyl (C=O) groups is 4. The lowest BCUT2D eigenvalue weighted by Gasteiger charge is -2.29. The molecular weight excluding hydrogens is 428 g/mol. The number of carboxylic acid groups (broad SMARTS) is 1. The monoisotopic (exact) mass is 456 g/mol. The fourth-order valence-corrected chi connectivity index (χ4v) is 2.78. The van der Waals surface area contributed by atoms with E-state index in [2.05, 4.69) is 10.6 Å². The predicted octanol–water partition coefficient (Wildman–Crippen LogP) is 3.28. The molecule has 2 aromatic carbocycles. The van der Waals surface area contributed by atoms with Crippen LogP contribution in [-0.4, -0.2) is 40.2 Å². The van der Waals surface area contributed by atoms with E-state index in [1.165, 1.54) is 31.2 Å². The first kappa shape index (κ1) is 25.4. The van der Waals surface area contributed by atoms with E-state index in [9.17, 15) is 24.3 Å². The summed E-state index contributed by atoms with van der Waals surface area (Å²) in [6, 6.07) is 14.0. The Labute approximate surface area is 192 Å². The highest BCUT2D eigenvalue weighted by Gasteiger charge is 2.49. The highest BCUT2D eigenvalue weighted by Crippen LogP contribution is 2.20. The van der Waals surface area contributed by atoms with Crippen molar-refractivity contribution in [2.75, 3.05) is 0 Å². The number of Topliss-reactive ketones (excluding diaryl/α,β-unsaturated/α-hetero) is 1. The van der Waals surface area contributed by atoms with Gasteiger partial charge in [-0.2, -0.15) is 0 Å². The molecule has 1 unspecified atom stereocenters. The number of benzene rings is 2. The Hall–Kier alpha value is -3.88. The molecule has 0 aliphatic rings. The van der Waals surface area contributed by atoms with Crippen molar-refractivity contribution >= 4 is 23.8 Å². The minimum atomic E-state index is -2.58. The summed E-state index contributed by atoms with van der Waals surface area (Å²) >= 11 is 0. The smallest absolute Gasteiger partial charge is 0.407 e. The second-order valence-electron chi connectivity index (χ2n) is 8.18. The van der Waals surface area contributed by atoms with Crippen LogP contribution in [0.15, 0.2) is 54.6 Å². The molecule has 0 aliphatic heterocycles. The van der Waals surface area contributed by atoms with Gasteiger partial charge in [0, 0.05) is 18.5 Å². The summed E-state index contributed by atoms with van der Waals surface area (Å²) in [7, 11) is 0. The number of ether oxygens (including phenoxy) is 2. The number of hydrogen-bond acceptors (Lipinski definition) is 6. The van der Waals surface area contributed by atoms with Crippen molar-refractivity contribution in [1.82, 2.24) is 10.6 Å². The second kappa shape index (κ2) is 10.6. The summed E-state index contributed by atoms with van der Waals surface area (Å²) in [5.74, 6) is -3.14. The standard InChI is InChI=1S/C24H28N2O7/c1-5-19(27)24(21(29)30,32-18-9-7-6-8-10-18)26-20(28)17-13-11-16(12-14-17)15-25-22(31)33-23(2,3)4/h6-14H,5,15H2,1-4H3,(H,25,31)(H,26,28)(H,29,30). The number of carbonyl (C=O) groups excluding carboxylic acids is 3. The Morgan fingerprint density at radius 3 is 2.06 bits per heavy atom. The third-order valence-corrected chi connectivity index (χ3v) is 4.37. The molecule has 0 bridgehead atoms. The summed E-state index contributed by atoms with van der Waals surface area (Å²) < 4.78 is 10.7. The van der Waals surface area contributed by atoms with Crippen LogP contribution in [-0.2, 0) is 20.9 Å². The zero-order valence-corrected chi connectivity index (χ0v) is 19.0. The van der Waals surface area contributed by atoms with Crippen molar-refractivity contribution in [1.29, 1.82) is 0 Å². The topological polar surface area (TPSA) is 131 Å². The number of hydrogen-bond donors (Lipinski definition) is 3. The normalized spacial score (nSPS) is 12.7. The van der Waals surface area contributed by atoms with Crippen molar-refractivity contribution < 1.29 is 33.8 Å². The maximum Gasteiger partial charge on any atom is 0.407 e. The van der Waals surface area contributed by atoms with Gasteiger partial charge in [0.05, 0.1) is 0 Å². The largest absolute Gasteiger partial charge is 0.476 e. The molecule has 33 heavy (non-hydrogen) atoms. The lowest BCUT2D eigenvalue weighted by molar-refractivity contribution is -0.164. The van der Waals surface area contributed by atoms with E-state index in [1.807, 2.05) is 0 Å². The minimum Gasteiger partial charge on any atom is -0.476 e. The van der Waals surface area contributed by atoms with Gasteiger partial charge in [0.15, 0.2) is 0 Å². The first-order valence-electron chi connectivity index (χ1n) is 10.4. The fraction of sp³-hybridized carbons (Fsp3) is 0.333. The molecule has 1 atom stereocenters. The minimum absolute atomic E-state index is 0.113. The molecule has 3 N–H and O–H groups in total. The van der Waals surface area contributed by atoms with Crippen LogP contribution in [0.2, 0.25) is 0 Å². The van der Waals surface area contributed by atoms with E-state index in [4.69, 9.17) is 9.47 Å². The van der Waals surface area contributed by atoms with Gasteiger partial charge < -0.3 is 19.9 Å². The van der Waals surface area contributed by atoms with Crippen molar-refractivity contribution in [2.45, 2.75) is 52.0 Å². The van der Waals surface area contributed by atoms with E-state index in [-0.39, 0.29) is 24.3 Å². The van der Waals surface area contributed by atoms with Gasteiger partial charge in [-0.15, -0.1) is 0 Å². The second-order valence-corrected chi connectivity index (χ2v) is 8.18. The van der Waals surface area contributed by atoms with E-state index in [0.29, 0.717) is 5.56 Å². The summed E-state index contributed by atoms with van der Waals surface area (Å²) in [5.41, 5.74) is -2.40. The lowest BCUT2D eigenvalue weighted by atomic mass is 10.0. The number of para-hydroxylation sites is 1. The Morgan fingerprint density at radius 1 is 0.939 bits per heavy atom. The number of aliphatic carboxylic acids is 1. The highest BCUT2D eigenvalue weighted by molar-refractivity contribution is 6.11. The number of amides is 2.